The summed E-state index contributed by atoms with van der Waals surface area (Å²) < 4.78 is 0. The first kappa shape index (κ1) is 13.8. The zero-order valence-corrected chi connectivity index (χ0v) is 10.9. The maximum atomic E-state index is 12.2. The molecule has 0 spiro atoms. The number of rotatable bonds is 2. The minimum atomic E-state index is 0. The van der Waals surface area contributed by atoms with Crippen LogP contribution in [0.15, 0.2) is 0 Å². The van der Waals surface area contributed by atoms with E-state index in [1.54, 1.807) is 0 Å². The van der Waals surface area contributed by atoms with Crippen molar-refractivity contribution in [1.29, 1.82) is 0 Å². The van der Waals surface area contributed by atoms with E-state index < -0.39 is 0 Å². The fourth-order valence-electron chi connectivity index (χ4n) is 2.83. The van der Waals surface area contributed by atoms with Gasteiger partial charge in [0.25, 0.3) is 0 Å². The summed E-state index contributed by atoms with van der Waals surface area (Å²) in [6, 6.07) is 0.535. The molecule has 1 heterocycles. The first-order valence-corrected chi connectivity index (χ1v) is 6.26. The Labute approximate surface area is 104 Å². The predicted molar refractivity (Wildman–Crippen MR) is 67.9 cm³/mol. The van der Waals surface area contributed by atoms with Crippen LogP contribution in [0.3, 0.4) is 0 Å². The maximum Gasteiger partial charge on any atom is 0.225 e. The van der Waals surface area contributed by atoms with Crippen molar-refractivity contribution in [3.63, 3.8) is 0 Å². The third-order valence-corrected chi connectivity index (χ3v) is 3.91. The molecule has 2 fully saturated rings. The van der Waals surface area contributed by atoms with E-state index in [0.29, 0.717) is 11.9 Å². The normalized spacial score (nSPS) is 22.8. The molecule has 1 saturated heterocycles. The Balaban J connectivity index is 0.00000128. The van der Waals surface area contributed by atoms with E-state index in [-0.39, 0.29) is 18.3 Å². The quantitative estimate of drug-likeness (QED) is 0.806. The molecular formula is C12H23ClN2O. The van der Waals surface area contributed by atoms with Crippen LogP contribution in [-0.2, 0) is 4.79 Å². The second-order valence-corrected chi connectivity index (χ2v) is 4.91. The number of hydrogen-bond donors (Lipinski definition) is 1. The minimum absolute atomic E-state index is 0. The Kier molecular flexibility index (Phi) is 5.56. The Morgan fingerprint density at radius 2 is 1.69 bits per heavy atom. The van der Waals surface area contributed by atoms with Gasteiger partial charge in [0, 0.05) is 19.0 Å². The van der Waals surface area contributed by atoms with E-state index in [1.807, 2.05) is 11.9 Å². The van der Waals surface area contributed by atoms with Gasteiger partial charge in [-0.2, -0.15) is 0 Å². The minimum Gasteiger partial charge on any atom is -0.343 e. The molecule has 1 aliphatic heterocycles. The van der Waals surface area contributed by atoms with Crippen LogP contribution in [0.1, 0.15) is 38.5 Å². The van der Waals surface area contributed by atoms with Gasteiger partial charge in [-0.25, -0.2) is 0 Å². The third kappa shape index (κ3) is 3.11. The third-order valence-electron chi connectivity index (χ3n) is 3.91. The lowest BCUT2D eigenvalue weighted by atomic mass is 9.96. The second kappa shape index (κ2) is 6.45. The van der Waals surface area contributed by atoms with Gasteiger partial charge in [0.1, 0.15) is 0 Å². The van der Waals surface area contributed by atoms with Crippen molar-refractivity contribution in [2.75, 3.05) is 20.1 Å². The van der Waals surface area contributed by atoms with Crippen LogP contribution in [0, 0.1) is 5.92 Å². The lowest BCUT2D eigenvalue weighted by Gasteiger charge is -2.30. The molecule has 0 unspecified atom stereocenters. The molecule has 1 aliphatic carbocycles. The lowest BCUT2D eigenvalue weighted by molar-refractivity contribution is -0.137. The fraction of sp³-hybridized carbons (Fsp3) is 0.917. The number of piperidine rings is 1. The largest absolute Gasteiger partial charge is 0.343 e. The average Bonchev–Trinajstić information content (AvgIpc) is 2.82. The van der Waals surface area contributed by atoms with E-state index in [9.17, 15) is 4.79 Å². The van der Waals surface area contributed by atoms with Gasteiger partial charge < -0.3 is 10.2 Å². The molecule has 1 amide bonds. The van der Waals surface area contributed by atoms with Crippen molar-refractivity contribution < 1.29 is 4.79 Å². The molecule has 0 aromatic rings. The first-order valence-electron chi connectivity index (χ1n) is 6.26. The Bertz CT molecular complexity index is 223. The summed E-state index contributed by atoms with van der Waals surface area (Å²) in [6.07, 6.45) is 7.08. The van der Waals surface area contributed by atoms with Gasteiger partial charge >= 0.3 is 0 Å². The van der Waals surface area contributed by atoms with Crippen LogP contribution in [0.5, 0.6) is 0 Å². The van der Waals surface area contributed by atoms with Crippen LogP contribution in [0.4, 0.5) is 0 Å². The van der Waals surface area contributed by atoms with Crippen molar-refractivity contribution in [3.05, 3.63) is 0 Å². The van der Waals surface area contributed by atoms with Gasteiger partial charge in [0.2, 0.25) is 5.91 Å². The van der Waals surface area contributed by atoms with Gasteiger partial charge in [-0.15, -0.1) is 12.4 Å². The van der Waals surface area contributed by atoms with Crippen LogP contribution in [0.2, 0.25) is 0 Å². The molecule has 1 saturated carbocycles. The van der Waals surface area contributed by atoms with Gasteiger partial charge in [0.15, 0.2) is 0 Å². The Morgan fingerprint density at radius 3 is 2.25 bits per heavy atom. The van der Waals surface area contributed by atoms with Gasteiger partial charge in [-0.05, 0) is 38.8 Å². The molecule has 16 heavy (non-hydrogen) atoms. The zero-order valence-electron chi connectivity index (χ0n) is 10.1. The monoisotopic (exact) mass is 246 g/mol. The summed E-state index contributed by atoms with van der Waals surface area (Å²) in [5.74, 6) is 0.681. The van der Waals surface area contributed by atoms with Crippen LogP contribution in [0.25, 0.3) is 0 Å². The van der Waals surface area contributed by atoms with Crippen molar-refractivity contribution >= 4 is 18.3 Å². The summed E-state index contributed by atoms with van der Waals surface area (Å²) in [5, 5.41) is 3.31. The SMILES string of the molecule is CN(C(=O)C1CCNCC1)C1CCCC1.Cl. The number of halogens is 1. The molecule has 0 aromatic carbocycles. The first-order chi connectivity index (χ1) is 7.29. The summed E-state index contributed by atoms with van der Waals surface area (Å²) >= 11 is 0. The summed E-state index contributed by atoms with van der Waals surface area (Å²) in [7, 11) is 2.00. The molecule has 94 valence electrons. The molecule has 4 heteroatoms. The van der Waals surface area contributed by atoms with Gasteiger partial charge in [-0.1, -0.05) is 12.8 Å². The highest BCUT2D eigenvalue weighted by Gasteiger charge is 2.29. The molecule has 0 radical (unpaired) electrons. The van der Waals surface area contributed by atoms with E-state index in [4.69, 9.17) is 0 Å². The smallest absolute Gasteiger partial charge is 0.225 e. The topological polar surface area (TPSA) is 32.3 Å². The molecule has 0 bridgehead atoms. The van der Waals surface area contributed by atoms with Crippen LogP contribution in [-0.4, -0.2) is 37.0 Å². The molecular weight excluding hydrogens is 224 g/mol. The number of nitrogens with zero attached hydrogens (tertiary/aromatic N) is 1. The Morgan fingerprint density at radius 1 is 1.12 bits per heavy atom. The van der Waals surface area contributed by atoms with Crippen molar-refractivity contribution in [3.8, 4) is 0 Å². The van der Waals surface area contributed by atoms with Crippen LogP contribution < -0.4 is 5.32 Å². The highest BCUT2D eigenvalue weighted by atomic mass is 35.5. The summed E-state index contributed by atoms with van der Waals surface area (Å²) in [6.45, 7) is 2.02. The molecule has 3 nitrogen and oxygen atoms in total. The van der Waals surface area contributed by atoms with Crippen molar-refractivity contribution in [1.82, 2.24) is 10.2 Å². The summed E-state index contributed by atoms with van der Waals surface area (Å²) in [4.78, 5) is 14.2. The zero-order chi connectivity index (χ0) is 10.7. The van der Waals surface area contributed by atoms with E-state index in [2.05, 4.69) is 5.32 Å². The number of hydrogen-bond acceptors (Lipinski definition) is 2. The number of amides is 1. The highest BCUT2D eigenvalue weighted by molar-refractivity contribution is 5.85. The molecule has 2 aliphatic rings. The average molecular weight is 247 g/mol. The van der Waals surface area contributed by atoms with Gasteiger partial charge in [-0.3, -0.25) is 4.79 Å². The number of carbonyl (C=O) groups excluding carboxylic acids is 1. The molecule has 0 aromatic heterocycles. The van der Waals surface area contributed by atoms with Gasteiger partial charge in [0.05, 0.1) is 0 Å². The highest BCUT2D eigenvalue weighted by Crippen LogP contribution is 2.25. The standard InChI is InChI=1S/C12H22N2O.ClH/c1-14(11-4-2-3-5-11)12(15)10-6-8-13-9-7-10;/h10-11,13H,2-9H2,1H3;1H. The summed E-state index contributed by atoms with van der Waals surface area (Å²) in [5.41, 5.74) is 0. The molecule has 0 atom stereocenters. The van der Waals surface area contributed by atoms with E-state index in [0.717, 1.165) is 25.9 Å². The van der Waals surface area contributed by atoms with E-state index >= 15 is 0 Å². The molecule has 1 N–H and O–H groups in total. The maximum absolute atomic E-state index is 12.2. The fourth-order valence-corrected chi connectivity index (χ4v) is 2.83. The van der Waals surface area contributed by atoms with Crippen LogP contribution >= 0.6 is 12.4 Å². The predicted octanol–water partition coefficient (Wildman–Crippen LogP) is 1.81. The Hall–Kier alpha value is -0.280. The number of carbonyl (C=O) groups is 1. The molecule has 2 rings (SSSR count). The van der Waals surface area contributed by atoms with E-state index in [1.165, 1.54) is 25.7 Å². The van der Waals surface area contributed by atoms with Crippen molar-refractivity contribution in [2.24, 2.45) is 5.92 Å². The lowest BCUT2D eigenvalue weighted by Crippen LogP contribution is -2.43. The van der Waals surface area contributed by atoms with Crippen molar-refractivity contribution in [2.45, 2.75) is 44.6 Å². The number of nitrogens with one attached hydrogen (secondary N) is 1. The second-order valence-electron chi connectivity index (χ2n) is 4.91.